The molecule has 0 N–H and O–H groups in total. The fourth-order valence-electron chi connectivity index (χ4n) is 2.61. The van der Waals surface area contributed by atoms with Crippen LogP contribution >= 0.6 is 0 Å². The fraction of sp³-hybridized carbons (Fsp3) is 0.333. The molecule has 0 radical (unpaired) electrons. The van der Waals surface area contributed by atoms with Gasteiger partial charge in [-0.2, -0.15) is 0 Å². The zero-order valence-electron chi connectivity index (χ0n) is 14.1. The van der Waals surface area contributed by atoms with Gasteiger partial charge in [-0.3, -0.25) is 4.79 Å². The van der Waals surface area contributed by atoms with Crippen LogP contribution in [0, 0.1) is 0 Å². The van der Waals surface area contributed by atoms with Gasteiger partial charge in [0.05, 0.1) is 21.3 Å². The highest BCUT2D eigenvalue weighted by molar-refractivity contribution is 5.91. The minimum atomic E-state index is -0.467. The van der Waals surface area contributed by atoms with E-state index in [9.17, 15) is 9.59 Å². The Balaban J connectivity index is 2.52. The van der Waals surface area contributed by atoms with Crippen molar-refractivity contribution in [3.05, 3.63) is 47.2 Å². The quantitative estimate of drug-likeness (QED) is 0.772. The van der Waals surface area contributed by atoms with Crippen LogP contribution in [0.25, 0.3) is 0 Å². The maximum Gasteiger partial charge on any atom is 0.334 e. The Hall–Kier alpha value is -2.76. The number of ether oxygens (including phenoxy) is 4. The van der Waals surface area contributed by atoms with E-state index < -0.39 is 17.9 Å². The van der Waals surface area contributed by atoms with Gasteiger partial charge < -0.3 is 18.9 Å². The van der Waals surface area contributed by atoms with Crippen LogP contribution in [0.3, 0.4) is 0 Å². The Morgan fingerprint density at radius 2 is 1.88 bits per heavy atom. The number of carbonyl (C=O) groups excluding carboxylic acids is 2. The van der Waals surface area contributed by atoms with Crippen LogP contribution in [0.4, 0.5) is 0 Å². The van der Waals surface area contributed by atoms with E-state index >= 15 is 0 Å². The second kappa shape index (κ2) is 7.68. The maximum absolute atomic E-state index is 12.1. The van der Waals surface area contributed by atoms with Crippen molar-refractivity contribution in [2.45, 2.75) is 19.3 Å². The highest BCUT2D eigenvalue weighted by Gasteiger charge is 2.28. The number of hydrogen-bond acceptors (Lipinski definition) is 6. The van der Waals surface area contributed by atoms with Crippen molar-refractivity contribution < 1.29 is 28.5 Å². The molecule has 24 heavy (non-hydrogen) atoms. The largest absolute Gasteiger partial charge is 0.497 e. The number of rotatable bonds is 5. The van der Waals surface area contributed by atoms with E-state index in [1.165, 1.54) is 14.0 Å². The summed E-state index contributed by atoms with van der Waals surface area (Å²) in [5.41, 5.74) is 1.18. The van der Waals surface area contributed by atoms with Gasteiger partial charge in [-0.1, -0.05) is 6.08 Å². The summed E-state index contributed by atoms with van der Waals surface area (Å²) in [4.78, 5) is 23.4. The highest BCUT2D eigenvalue weighted by Crippen LogP contribution is 2.39. The summed E-state index contributed by atoms with van der Waals surface area (Å²) in [6.45, 7) is 1.33. The second-order valence-electron chi connectivity index (χ2n) is 5.17. The Kier molecular flexibility index (Phi) is 5.63. The summed E-state index contributed by atoms with van der Waals surface area (Å²) < 4.78 is 20.7. The summed E-state index contributed by atoms with van der Waals surface area (Å²) >= 11 is 0. The third-order valence-corrected chi connectivity index (χ3v) is 3.68. The van der Waals surface area contributed by atoms with Gasteiger partial charge in [0.2, 0.25) is 0 Å². The van der Waals surface area contributed by atoms with Gasteiger partial charge in [-0.05, 0) is 24.3 Å². The van der Waals surface area contributed by atoms with Gasteiger partial charge in [-0.15, -0.1) is 0 Å². The second-order valence-corrected chi connectivity index (χ2v) is 5.17. The van der Waals surface area contributed by atoms with Crippen LogP contribution in [0.1, 0.15) is 24.8 Å². The van der Waals surface area contributed by atoms with Gasteiger partial charge in [0.15, 0.2) is 0 Å². The molecule has 0 spiro atoms. The van der Waals surface area contributed by atoms with E-state index in [0.29, 0.717) is 29.3 Å². The lowest BCUT2D eigenvalue weighted by molar-refractivity contribution is -0.137. The van der Waals surface area contributed by atoms with Gasteiger partial charge >= 0.3 is 11.9 Å². The van der Waals surface area contributed by atoms with E-state index in [1.807, 2.05) is 0 Å². The van der Waals surface area contributed by atoms with E-state index in [1.54, 1.807) is 44.6 Å². The summed E-state index contributed by atoms with van der Waals surface area (Å²) in [5.74, 6) is 0.380. The monoisotopic (exact) mass is 332 g/mol. The lowest BCUT2D eigenvalue weighted by atomic mass is 9.85. The first-order chi connectivity index (χ1) is 11.5. The van der Waals surface area contributed by atoms with Gasteiger partial charge in [0.1, 0.15) is 17.3 Å². The molecule has 1 unspecified atom stereocenters. The molecular formula is C18H20O6. The highest BCUT2D eigenvalue weighted by atomic mass is 16.5. The molecule has 1 aromatic carbocycles. The van der Waals surface area contributed by atoms with E-state index in [0.717, 1.165) is 5.56 Å². The molecule has 6 nitrogen and oxygen atoms in total. The van der Waals surface area contributed by atoms with Crippen molar-refractivity contribution in [3.63, 3.8) is 0 Å². The Morgan fingerprint density at radius 1 is 1.12 bits per heavy atom. The van der Waals surface area contributed by atoms with Crippen LogP contribution in [0.15, 0.2) is 41.7 Å². The molecule has 0 aliphatic heterocycles. The number of benzene rings is 1. The maximum atomic E-state index is 12.1. The molecular weight excluding hydrogens is 312 g/mol. The average molecular weight is 332 g/mol. The van der Waals surface area contributed by atoms with Crippen LogP contribution in [0.2, 0.25) is 0 Å². The molecule has 1 atom stereocenters. The third kappa shape index (κ3) is 3.76. The van der Waals surface area contributed by atoms with Crippen LogP contribution < -0.4 is 9.47 Å². The number of hydrogen-bond donors (Lipinski definition) is 0. The SMILES string of the molecule is COC(=O)C1=CCC(OC(C)=O)=CC1c1cc(OC)ccc1OC. The predicted molar refractivity (Wildman–Crippen MR) is 86.9 cm³/mol. The number of methoxy groups -OCH3 is 3. The zero-order chi connectivity index (χ0) is 17.7. The van der Waals surface area contributed by atoms with Crippen molar-refractivity contribution >= 4 is 11.9 Å². The lowest BCUT2D eigenvalue weighted by Gasteiger charge is -2.23. The standard InChI is InChI=1S/C18H20O6/c1-11(19)24-13-5-7-14(18(20)23-4)15(10-13)16-9-12(21-2)6-8-17(16)22-3/h6-10,15H,5H2,1-4H3. The first kappa shape index (κ1) is 17.6. The smallest absolute Gasteiger partial charge is 0.334 e. The Labute approximate surface area is 140 Å². The average Bonchev–Trinajstić information content (AvgIpc) is 2.59. The van der Waals surface area contributed by atoms with Crippen molar-refractivity contribution in [1.82, 2.24) is 0 Å². The Bertz CT molecular complexity index is 701. The summed E-state index contributed by atoms with van der Waals surface area (Å²) in [6.07, 6.45) is 3.77. The number of esters is 2. The zero-order valence-corrected chi connectivity index (χ0v) is 14.1. The first-order valence-corrected chi connectivity index (χ1v) is 7.39. The first-order valence-electron chi connectivity index (χ1n) is 7.39. The molecule has 0 heterocycles. The molecule has 0 aromatic heterocycles. The number of allylic oxidation sites excluding steroid dienone is 2. The van der Waals surface area contributed by atoms with Crippen LogP contribution in [0.5, 0.6) is 11.5 Å². The van der Waals surface area contributed by atoms with Crippen molar-refractivity contribution in [2.75, 3.05) is 21.3 Å². The summed E-state index contributed by atoms with van der Waals surface area (Å²) in [6, 6.07) is 5.31. The third-order valence-electron chi connectivity index (χ3n) is 3.68. The van der Waals surface area contributed by atoms with E-state index in [4.69, 9.17) is 18.9 Å². The van der Waals surface area contributed by atoms with Crippen LogP contribution in [-0.2, 0) is 19.1 Å². The normalized spacial score (nSPS) is 16.6. The molecule has 0 saturated heterocycles. The van der Waals surface area contributed by atoms with Gasteiger partial charge in [-0.25, -0.2) is 4.79 Å². The molecule has 0 fully saturated rings. The van der Waals surface area contributed by atoms with Crippen molar-refractivity contribution in [3.8, 4) is 11.5 Å². The molecule has 0 bridgehead atoms. The fourth-order valence-corrected chi connectivity index (χ4v) is 2.61. The molecule has 1 aliphatic carbocycles. The topological polar surface area (TPSA) is 71.1 Å². The minimum Gasteiger partial charge on any atom is -0.497 e. The predicted octanol–water partition coefficient (Wildman–Crippen LogP) is 2.74. The molecule has 128 valence electrons. The minimum absolute atomic E-state index is 0.340. The van der Waals surface area contributed by atoms with Crippen LogP contribution in [-0.4, -0.2) is 33.3 Å². The van der Waals surface area contributed by atoms with Crippen molar-refractivity contribution in [1.29, 1.82) is 0 Å². The molecule has 0 saturated carbocycles. The summed E-state index contributed by atoms with van der Waals surface area (Å²) in [5, 5.41) is 0. The number of carbonyl (C=O) groups is 2. The molecule has 6 heteroatoms. The molecule has 1 aliphatic rings. The van der Waals surface area contributed by atoms with Crippen molar-refractivity contribution in [2.24, 2.45) is 0 Å². The molecule has 0 amide bonds. The van der Waals surface area contributed by atoms with Gasteiger partial charge in [0.25, 0.3) is 0 Å². The van der Waals surface area contributed by atoms with E-state index in [-0.39, 0.29) is 0 Å². The molecule has 1 aromatic rings. The molecule has 2 rings (SSSR count). The van der Waals surface area contributed by atoms with E-state index in [2.05, 4.69) is 0 Å². The lowest BCUT2D eigenvalue weighted by Crippen LogP contribution is -2.17. The Morgan fingerprint density at radius 3 is 2.46 bits per heavy atom. The van der Waals surface area contributed by atoms with Gasteiger partial charge in [0, 0.05) is 30.4 Å². The summed E-state index contributed by atoms with van der Waals surface area (Å²) in [7, 11) is 4.43.